The average molecular weight is 368 g/mol. The van der Waals surface area contributed by atoms with Crippen LogP contribution in [0, 0.1) is 0 Å². The van der Waals surface area contributed by atoms with Crippen molar-refractivity contribution in [3.05, 3.63) is 48.0 Å². The van der Waals surface area contributed by atoms with Gasteiger partial charge in [-0.25, -0.2) is 9.97 Å². The molecule has 0 radical (unpaired) electrons. The van der Waals surface area contributed by atoms with Crippen LogP contribution in [-0.2, 0) is 0 Å². The fourth-order valence-electron chi connectivity index (χ4n) is 2.90. The van der Waals surface area contributed by atoms with Crippen LogP contribution in [0.25, 0.3) is 0 Å². The molecule has 2 amide bonds. The number of piperazine rings is 1. The van der Waals surface area contributed by atoms with E-state index in [-0.39, 0.29) is 17.5 Å². The number of amides is 2. The Hall–Kier alpha value is -3.03. The van der Waals surface area contributed by atoms with Crippen molar-refractivity contribution in [2.24, 2.45) is 0 Å². The number of anilines is 1. The molecule has 0 bridgehead atoms. The van der Waals surface area contributed by atoms with Gasteiger partial charge in [0.15, 0.2) is 0 Å². The highest BCUT2D eigenvalue weighted by Gasteiger charge is 2.24. The maximum Gasteiger partial charge on any atom is 0.269 e. The quantitative estimate of drug-likeness (QED) is 0.774. The maximum atomic E-state index is 12.8. The number of unbranched alkanes of at least 4 members (excludes halogenated alkanes) is 1. The third-order valence-electron chi connectivity index (χ3n) is 4.46. The number of hydrogen-bond acceptors (Lipinski definition) is 6. The van der Waals surface area contributed by atoms with Gasteiger partial charge in [-0.15, -0.1) is 0 Å². The third kappa shape index (κ3) is 4.78. The molecule has 0 aromatic carbocycles. The van der Waals surface area contributed by atoms with Gasteiger partial charge in [-0.2, -0.15) is 0 Å². The van der Waals surface area contributed by atoms with Gasteiger partial charge in [-0.1, -0.05) is 13.3 Å². The molecule has 0 aliphatic carbocycles. The zero-order chi connectivity index (χ0) is 19.1. The van der Waals surface area contributed by atoms with Crippen molar-refractivity contribution in [2.75, 3.05) is 37.6 Å². The van der Waals surface area contributed by atoms with Crippen LogP contribution in [-0.4, -0.2) is 64.4 Å². The lowest BCUT2D eigenvalue weighted by atomic mass is 10.1. The van der Waals surface area contributed by atoms with Crippen LogP contribution in [0.4, 0.5) is 5.95 Å². The van der Waals surface area contributed by atoms with E-state index in [0.29, 0.717) is 44.2 Å². The first kappa shape index (κ1) is 18.8. The highest BCUT2D eigenvalue weighted by Crippen LogP contribution is 2.13. The van der Waals surface area contributed by atoms with Crippen molar-refractivity contribution in [1.82, 2.24) is 25.2 Å². The van der Waals surface area contributed by atoms with Gasteiger partial charge in [-0.3, -0.25) is 14.6 Å². The van der Waals surface area contributed by atoms with Crippen molar-refractivity contribution in [3.63, 3.8) is 0 Å². The zero-order valence-electron chi connectivity index (χ0n) is 15.5. The first-order valence-electron chi connectivity index (χ1n) is 9.24. The fraction of sp³-hybridized carbons (Fsp3) is 0.421. The van der Waals surface area contributed by atoms with Crippen LogP contribution in [0.3, 0.4) is 0 Å². The first-order valence-corrected chi connectivity index (χ1v) is 9.24. The summed E-state index contributed by atoms with van der Waals surface area (Å²) in [7, 11) is 0. The summed E-state index contributed by atoms with van der Waals surface area (Å²) in [5, 5.41) is 2.82. The number of aromatic nitrogens is 3. The summed E-state index contributed by atoms with van der Waals surface area (Å²) >= 11 is 0. The van der Waals surface area contributed by atoms with Crippen LogP contribution in [0.2, 0.25) is 0 Å². The molecule has 3 heterocycles. The highest BCUT2D eigenvalue weighted by atomic mass is 16.2. The molecular formula is C19H24N6O2. The summed E-state index contributed by atoms with van der Waals surface area (Å²) < 4.78 is 0. The van der Waals surface area contributed by atoms with Gasteiger partial charge in [-0.05, 0) is 24.6 Å². The molecule has 142 valence electrons. The molecule has 0 atom stereocenters. The van der Waals surface area contributed by atoms with E-state index in [1.54, 1.807) is 35.5 Å². The highest BCUT2D eigenvalue weighted by molar-refractivity contribution is 5.98. The summed E-state index contributed by atoms with van der Waals surface area (Å²) in [6.45, 7) is 5.18. The second-order valence-electron chi connectivity index (χ2n) is 6.37. The van der Waals surface area contributed by atoms with Crippen LogP contribution in [0.5, 0.6) is 0 Å². The predicted molar refractivity (Wildman–Crippen MR) is 102 cm³/mol. The number of nitrogens with one attached hydrogen (secondary N) is 1. The van der Waals surface area contributed by atoms with E-state index >= 15 is 0 Å². The molecule has 1 fully saturated rings. The van der Waals surface area contributed by atoms with Gasteiger partial charge >= 0.3 is 0 Å². The first-order chi connectivity index (χ1) is 13.2. The molecule has 1 saturated heterocycles. The molecule has 2 aromatic rings. The Morgan fingerprint density at radius 3 is 2.52 bits per heavy atom. The van der Waals surface area contributed by atoms with E-state index in [2.05, 4.69) is 32.1 Å². The minimum Gasteiger partial charge on any atom is -0.351 e. The Kier molecular flexibility index (Phi) is 6.30. The van der Waals surface area contributed by atoms with Crippen molar-refractivity contribution in [3.8, 4) is 0 Å². The molecule has 3 rings (SSSR count). The molecule has 27 heavy (non-hydrogen) atoms. The number of carbonyl (C=O) groups excluding carboxylic acids is 2. The summed E-state index contributed by atoms with van der Waals surface area (Å²) in [5.74, 6) is 0.345. The zero-order valence-corrected chi connectivity index (χ0v) is 15.5. The van der Waals surface area contributed by atoms with Crippen LogP contribution in [0.15, 0.2) is 36.8 Å². The van der Waals surface area contributed by atoms with Gasteiger partial charge < -0.3 is 15.1 Å². The molecule has 2 aromatic heterocycles. The van der Waals surface area contributed by atoms with Crippen LogP contribution in [0.1, 0.15) is 40.6 Å². The second kappa shape index (κ2) is 9.07. The molecule has 8 nitrogen and oxygen atoms in total. The number of hydrogen-bond donors (Lipinski definition) is 1. The molecule has 0 unspecified atom stereocenters. The summed E-state index contributed by atoms with van der Waals surface area (Å²) in [6.07, 6.45) is 6.86. The lowest BCUT2D eigenvalue weighted by molar-refractivity contribution is 0.0746. The lowest BCUT2D eigenvalue weighted by Crippen LogP contribution is -2.49. The smallest absolute Gasteiger partial charge is 0.269 e. The van der Waals surface area contributed by atoms with Gasteiger partial charge in [0, 0.05) is 56.9 Å². The lowest BCUT2D eigenvalue weighted by Gasteiger charge is -2.34. The largest absolute Gasteiger partial charge is 0.351 e. The van der Waals surface area contributed by atoms with Crippen molar-refractivity contribution in [2.45, 2.75) is 19.8 Å². The van der Waals surface area contributed by atoms with Crippen molar-refractivity contribution >= 4 is 17.8 Å². The van der Waals surface area contributed by atoms with E-state index in [4.69, 9.17) is 0 Å². The SMILES string of the molecule is CCCCNC(=O)c1cc(C(=O)N2CCN(c3ncccn3)CC2)ccn1. The third-order valence-corrected chi connectivity index (χ3v) is 4.46. The number of pyridine rings is 1. The average Bonchev–Trinajstić information content (AvgIpc) is 2.74. The Bertz CT molecular complexity index is 775. The Morgan fingerprint density at radius 2 is 1.81 bits per heavy atom. The van der Waals surface area contributed by atoms with E-state index in [9.17, 15) is 9.59 Å². The summed E-state index contributed by atoms with van der Waals surface area (Å²) in [4.78, 5) is 41.4. The van der Waals surface area contributed by atoms with Gasteiger partial charge in [0.05, 0.1) is 0 Å². The molecular weight excluding hydrogens is 344 g/mol. The van der Waals surface area contributed by atoms with Crippen molar-refractivity contribution in [1.29, 1.82) is 0 Å². The normalized spacial score (nSPS) is 14.1. The van der Waals surface area contributed by atoms with Gasteiger partial charge in [0.1, 0.15) is 5.69 Å². The van der Waals surface area contributed by atoms with E-state index in [1.807, 2.05) is 0 Å². The Labute approximate surface area is 158 Å². The summed E-state index contributed by atoms with van der Waals surface area (Å²) in [6, 6.07) is 5.00. The maximum absolute atomic E-state index is 12.8. The fourth-order valence-corrected chi connectivity index (χ4v) is 2.90. The minimum atomic E-state index is -0.246. The molecule has 0 spiro atoms. The van der Waals surface area contributed by atoms with E-state index < -0.39 is 0 Å². The molecule has 1 aliphatic heterocycles. The number of nitrogens with zero attached hydrogens (tertiary/aromatic N) is 5. The van der Waals surface area contributed by atoms with E-state index in [0.717, 1.165) is 12.8 Å². The van der Waals surface area contributed by atoms with Crippen LogP contribution >= 0.6 is 0 Å². The molecule has 0 saturated carbocycles. The van der Waals surface area contributed by atoms with Gasteiger partial charge in [0.2, 0.25) is 5.95 Å². The molecule has 1 N–H and O–H groups in total. The van der Waals surface area contributed by atoms with Crippen LogP contribution < -0.4 is 10.2 Å². The monoisotopic (exact) mass is 368 g/mol. The topological polar surface area (TPSA) is 91.3 Å². The van der Waals surface area contributed by atoms with E-state index in [1.165, 1.54) is 6.20 Å². The molecule has 1 aliphatic rings. The second-order valence-corrected chi connectivity index (χ2v) is 6.37. The number of rotatable bonds is 6. The molecule has 8 heteroatoms. The van der Waals surface area contributed by atoms with Gasteiger partial charge in [0.25, 0.3) is 11.8 Å². The predicted octanol–water partition coefficient (Wildman–Crippen LogP) is 1.36. The Morgan fingerprint density at radius 1 is 1.07 bits per heavy atom. The number of carbonyl (C=O) groups is 2. The minimum absolute atomic E-state index is 0.0892. The van der Waals surface area contributed by atoms with Crippen molar-refractivity contribution < 1.29 is 9.59 Å². The standard InChI is InChI=1S/C19H24N6O2/c1-2-3-6-21-17(26)16-14-15(5-9-20-16)18(27)24-10-12-25(13-11-24)19-22-7-4-8-23-19/h4-5,7-9,14H,2-3,6,10-13H2,1H3,(H,21,26). The Balaban J connectivity index is 1.60. The summed E-state index contributed by atoms with van der Waals surface area (Å²) in [5.41, 5.74) is 0.753.